The van der Waals surface area contributed by atoms with E-state index in [9.17, 15) is 0 Å². The SMILES string of the molecule is c1ccc(-c2ccc3c(c2)c2ccc(-c4ccc5oc6cccc(-c7nc(-c8ccccc8)nc(-c8ccc9c(c8)sc8ccccc89)n7)c6c5c4)cc2n3-c2ccccc2)cc1. The predicted octanol–water partition coefficient (Wildman–Crippen LogP) is 15.6. The minimum Gasteiger partial charge on any atom is -0.456 e. The highest BCUT2D eigenvalue weighted by Gasteiger charge is 2.20. The minimum absolute atomic E-state index is 0.595. The Labute approximate surface area is 365 Å². The van der Waals surface area contributed by atoms with Crippen molar-refractivity contribution in [1.29, 1.82) is 0 Å². The molecule has 9 aromatic carbocycles. The maximum absolute atomic E-state index is 6.57. The van der Waals surface area contributed by atoms with Crippen LogP contribution in [0.1, 0.15) is 0 Å². The smallest absolute Gasteiger partial charge is 0.164 e. The van der Waals surface area contributed by atoms with E-state index >= 15 is 0 Å². The second kappa shape index (κ2) is 14.2. The molecule has 4 aromatic heterocycles. The second-order valence-electron chi connectivity index (χ2n) is 16.0. The van der Waals surface area contributed by atoms with Gasteiger partial charge < -0.3 is 8.98 Å². The summed E-state index contributed by atoms with van der Waals surface area (Å²) in [6.07, 6.45) is 0. The van der Waals surface area contributed by atoms with E-state index in [0.29, 0.717) is 17.5 Å². The largest absolute Gasteiger partial charge is 0.456 e. The Bertz CT molecular complexity index is 3910. The van der Waals surface area contributed by atoms with Crippen LogP contribution in [0, 0.1) is 0 Å². The Morgan fingerprint density at radius 2 is 0.968 bits per heavy atom. The molecule has 0 fully saturated rings. The first-order valence-electron chi connectivity index (χ1n) is 21.1. The number of para-hydroxylation sites is 1. The van der Waals surface area contributed by atoms with E-state index in [0.717, 1.165) is 61.0 Å². The van der Waals surface area contributed by atoms with Crippen LogP contribution in [0.3, 0.4) is 0 Å². The summed E-state index contributed by atoms with van der Waals surface area (Å²) in [5, 5.41) is 6.90. The van der Waals surface area contributed by atoms with E-state index in [-0.39, 0.29) is 0 Å². The number of hydrogen-bond acceptors (Lipinski definition) is 5. The van der Waals surface area contributed by atoms with Crippen molar-refractivity contribution < 1.29 is 4.42 Å². The van der Waals surface area contributed by atoms with Gasteiger partial charge >= 0.3 is 0 Å². The first-order valence-corrected chi connectivity index (χ1v) is 21.9. The number of furan rings is 1. The molecule has 0 N–H and O–H groups in total. The Balaban J connectivity index is 0.981. The monoisotopic (exact) mass is 822 g/mol. The normalized spacial score (nSPS) is 11.8. The molecule has 294 valence electrons. The van der Waals surface area contributed by atoms with E-state index < -0.39 is 0 Å². The zero-order valence-corrected chi connectivity index (χ0v) is 34.6. The van der Waals surface area contributed by atoms with Crippen LogP contribution in [0.25, 0.3) is 126 Å². The molecule has 0 aliphatic rings. The highest BCUT2D eigenvalue weighted by Crippen LogP contribution is 2.42. The first-order chi connectivity index (χ1) is 31.2. The first kappa shape index (κ1) is 35.6. The molecule has 0 amide bonds. The highest BCUT2D eigenvalue weighted by molar-refractivity contribution is 7.25. The molecular weight excluding hydrogens is 789 g/mol. The molecule has 0 unspecified atom stereocenters. The molecule has 13 aromatic rings. The number of thiophene rings is 1. The van der Waals surface area contributed by atoms with Gasteiger partial charge in [0, 0.05) is 64.1 Å². The number of aromatic nitrogens is 4. The van der Waals surface area contributed by atoms with E-state index in [1.165, 1.54) is 47.6 Å². The summed E-state index contributed by atoms with van der Waals surface area (Å²) in [5.41, 5.74) is 12.4. The Hall–Kier alpha value is -8.19. The Morgan fingerprint density at radius 1 is 0.349 bits per heavy atom. The van der Waals surface area contributed by atoms with Gasteiger partial charge in [0.05, 0.1) is 11.0 Å². The summed E-state index contributed by atoms with van der Waals surface area (Å²) in [6, 6.07) is 72.8. The molecule has 0 aliphatic carbocycles. The summed E-state index contributed by atoms with van der Waals surface area (Å²) in [6.45, 7) is 0. The van der Waals surface area contributed by atoms with Crippen LogP contribution in [0.2, 0.25) is 0 Å². The Morgan fingerprint density at radius 3 is 1.81 bits per heavy atom. The fourth-order valence-corrected chi connectivity index (χ4v) is 10.4. The lowest BCUT2D eigenvalue weighted by Crippen LogP contribution is -2.00. The molecule has 4 heterocycles. The summed E-state index contributed by atoms with van der Waals surface area (Å²) in [5.74, 6) is 1.84. The standard InChI is InChI=1S/C57H34N4OS/c1-4-13-35(14-5-1)37-25-29-48-46(31-37)42-27-23-39(33-49(42)61(48)41-17-8-3-9-18-41)38-26-30-50-47(32-38)54-45(20-12-21-51(54)62-50)57-59-55(36-15-6-2-7-16-36)58-56(60-57)40-24-28-44-43-19-10-11-22-52(43)63-53(44)34-40/h1-34H. The van der Waals surface area contributed by atoms with Gasteiger partial charge in [-0.3, -0.25) is 0 Å². The number of fused-ring (bicyclic) bond motifs is 9. The van der Waals surface area contributed by atoms with Crippen LogP contribution in [-0.4, -0.2) is 19.5 Å². The van der Waals surface area contributed by atoms with Gasteiger partial charge in [-0.05, 0) is 82.9 Å². The topological polar surface area (TPSA) is 56.7 Å². The lowest BCUT2D eigenvalue weighted by molar-refractivity contribution is 0.669. The van der Waals surface area contributed by atoms with Crippen LogP contribution >= 0.6 is 11.3 Å². The summed E-state index contributed by atoms with van der Waals surface area (Å²) < 4.78 is 11.4. The van der Waals surface area contributed by atoms with Crippen LogP contribution in [0.5, 0.6) is 0 Å². The van der Waals surface area contributed by atoms with E-state index in [2.05, 4.69) is 180 Å². The summed E-state index contributed by atoms with van der Waals surface area (Å²) >= 11 is 1.79. The van der Waals surface area contributed by atoms with Crippen LogP contribution < -0.4 is 0 Å². The molecular formula is C57H34N4OS. The molecule has 13 rings (SSSR count). The van der Waals surface area contributed by atoms with Crippen molar-refractivity contribution >= 4 is 75.3 Å². The molecule has 0 spiro atoms. The summed E-state index contributed by atoms with van der Waals surface area (Å²) in [7, 11) is 0. The van der Waals surface area contributed by atoms with Gasteiger partial charge in [0.2, 0.25) is 0 Å². The third-order valence-corrected chi connectivity index (χ3v) is 13.4. The average molecular weight is 823 g/mol. The van der Waals surface area contributed by atoms with Gasteiger partial charge in [-0.1, -0.05) is 146 Å². The molecule has 5 nitrogen and oxygen atoms in total. The summed E-state index contributed by atoms with van der Waals surface area (Å²) in [4.78, 5) is 15.5. The van der Waals surface area contributed by atoms with Crippen molar-refractivity contribution in [2.45, 2.75) is 0 Å². The van der Waals surface area contributed by atoms with Crippen LogP contribution in [0.4, 0.5) is 0 Å². The van der Waals surface area contributed by atoms with E-state index in [1.54, 1.807) is 11.3 Å². The van der Waals surface area contributed by atoms with Crippen molar-refractivity contribution in [2.24, 2.45) is 0 Å². The zero-order chi connectivity index (χ0) is 41.4. The van der Waals surface area contributed by atoms with Crippen LogP contribution in [0.15, 0.2) is 211 Å². The lowest BCUT2D eigenvalue weighted by atomic mass is 9.99. The Kier molecular flexibility index (Phi) is 8.01. The minimum atomic E-state index is 0.595. The van der Waals surface area contributed by atoms with Gasteiger partial charge in [-0.15, -0.1) is 11.3 Å². The van der Waals surface area contributed by atoms with Crippen molar-refractivity contribution in [1.82, 2.24) is 19.5 Å². The molecule has 0 saturated heterocycles. The van der Waals surface area contributed by atoms with Gasteiger partial charge in [0.15, 0.2) is 17.5 Å². The van der Waals surface area contributed by atoms with Crippen molar-refractivity contribution in [3.05, 3.63) is 206 Å². The number of hydrogen-bond donors (Lipinski definition) is 0. The molecule has 0 atom stereocenters. The number of nitrogens with zero attached hydrogens (tertiary/aromatic N) is 4. The third kappa shape index (κ3) is 5.87. The van der Waals surface area contributed by atoms with E-state index in [1.807, 2.05) is 30.3 Å². The van der Waals surface area contributed by atoms with Crippen molar-refractivity contribution in [3.63, 3.8) is 0 Å². The van der Waals surface area contributed by atoms with E-state index in [4.69, 9.17) is 19.4 Å². The fraction of sp³-hybridized carbons (Fsp3) is 0. The molecule has 0 bridgehead atoms. The lowest BCUT2D eigenvalue weighted by Gasteiger charge is -2.10. The molecule has 0 saturated carbocycles. The maximum atomic E-state index is 6.57. The zero-order valence-electron chi connectivity index (χ0n) is 33.7. The fourth-order valence-electron chi connectivity index (χ4n) is 9.27. The van der Waals surface area contributed by atoms with Crippen molar-refractivity contribution in [3.8, 4) is 62.1 Å². The van der Waals surface area contributed by atoms with Crippen LogP contribution in [-0.2, 0) is 0 Å². The van der Waals surface area contributed by atoms with Crippen molar-refractivity contribution in [2.75, 3.05) is 0 Å². The number of rotatable bonds is 6. The number of benzene rings is 9. The molecule has 63 heavy (non-hydrogen) atoms. The van der Waals surface area contributed by atoms with Gasteiger partial charge in [-0.25, -0.2) is 15.0 Å². The average Bonchev–Trinajstić information content (AvgIpc) is 4.03. The molecule has 6 heteroatoms. The second-order valence-corrected chi connectivity index (χ2v) is 17.1. The quantitative estimate of drug-likeness (QED) is 0.168. The predicted molar refractivity (Wildman–Crippen MR) is 262 cm³/mol. The van der Waals surface area contributed by atoms with Gasteiger partial charge in [-0.2, -0.15) is 0 Å². The third-order valence-electron chi connectivity index (χ3n) is 12.3. The molecule has 0 aliphatic heterocycles. The highest BCUT2D eigenvalue weighted by atomic mass is 32.1. The van der Waals surface area contributed by atoms with Gasteiger partial charge in [0.25, 0.3) is 0 Å². The molecule has 0 radical (unpaired) electrons. The maximum Gasteiger partial charge on any atom is 0.164 e. The van der Waals surface area contributed by atoms with Gasteiger partial charge in [0.1, 0.15) is 11.2 Å².